The second-order valence-electron chi connectivity index (χ2n) is 10.2. The quantitative estimate of drug-likeness (QED) is 0.339. The molecule has 0 radical (unpaired) electrons. The molecule has 38 heavy (non-hydrogen) atoms. The molecule has 2 aliphatic heterocycles. The molecule has 1 aromatic carbocycles. The molecule has 6 rings (SSSR count). The first-order chi connectivity index (χ1) is 18.0. The molecule has 9 nitrogen and oxygen atoms in total. The number of aliphatic hydroxyl groups is 2. The Kier molecular flexibility index (Phi) is 5.64. The maximum absolute atomic E-state index is 14.8. The molecule has 3 aromatic rings. The van der Waals surface area contributed by atoms with Gasteiger partial charge in [0.15, 0.2) is 5.60 Å². The third kappa shape index (κ3) is 3.43. The normalized spacial score (nSPS) is 21.9. The number of carbonyl (C=O) groups is 2. The number of hydrogen-bond acceptors (Lipinski definition) is 7. The minimum Gasteiger partial charge on any atom is -0.458 e. The molecule has 0 saturated carbocycles. The number of esters is 1. The van der Waals surface area contributed by atoms with E-state index in [2.05, 4.69) is 5.32 Å². The van der Waals surface area contributed by atoms with E-state index >= 15 is 0 Å². The number of cyclic esters (lactones) is 1. The highest BCUT2D eigenvalue weighted by Crippen LogP contribution is 2.46. The topological polar surface area (TPSA) is 131 Å². The fourth-order valence-corrected chi connectivity index (χ4v) is 6.26. The second-order valence-corrected chi connectivity index (χ2v) is 10.6. The van der Waals surface area contributed by atoms with E-state index in [1.807, 2.05) is 0 Å². The minimum absolute atomic E-state index is 0.000991. The van der Waals surface area contributed by atoms with Crippen LogP contribution in [0.2, 0.25) is 5.02 Å². The number of rotatable bonds is 4. The number of halogens is 2. The lowest BCUT2D eigenvalue weighted by Crippen LogP contribution is -2.44. The van der Waals surface area contributed by atoms with Gasteiger partial charge in [-0.2, -0.15) is 0 Å². The largest absolute Gasteiger partial charge is 0.458 e. The van der Waals surface area contributed by atoms with Crippen molar-refractivity contribution in [2.24, 2.45) is 0 Å². The monoisotopic (exact) mass is 541 g/mol. The van der Waals surface area contributed by atoms with Crippen LogP contribution in [-0.2, 0) is 39.5 Å². The van der Waals surface area contributed by atoms with Crippen LogP contribution in [0.5, 0.6) is 0 Å². The van der Waals surface area contributed by atoms with E-state index in [4.69, 9.17) is 21.3 Å². The van der Waals surface area contributed by atoms with Crippen molar-refractivity contribution in [3.05, 3.63) is 61.1 Å². The van der Waals surface area contributed by atoms with Crippen molar-refractivity contribution in [3.63, 3.8) is 0 Å². The molecule has 3 aliphatic rings. The number of hydrogen-bond donors (Lipinski definition) is 3. The summed E-state index contributed by atoms with van der Waals surface area (Å²) >= 11 is 6.36. The Morgan fingerprint density at radius 3 is 2.82 bits per heavy atom. The smallest absolute Gasteiger partial charge is 0.343 e. The molecule has 11 heteroatoms. The van der Waals surface area contributed by atoms with Gasteiger partial charge in [0.2, 0.25) is 5.91 Å². The van der Waals surface area contributed by atoms with Gasteiger partial charge >= 0.3 is 5.97 Å². The van der Waals surface area contributed by atoms with Crippen LogP contribution in [0.4, 0.5) is 4.39 Å². The van der Waals surface area contributed by atoms with Crippen LogP contribution >= 0.6 is 11.6 Å². The third-order valence-corrected chi connectivity index (χ3v) is 8.27. The van der Waals surface area contributed by atoms with Crippen LogP contribution in [0.25, 0.3) is 22.3 Å². The summed E-state index contributed by atoms with van der Waals surface area (Å²) in [5, 5.41) is 24.4. The van der Waals surface area contributed by atoms with Crippen molar-refractivity contribution >= 4 is 34.4 Å². The lowest BCUT2D eigenvalue weighted by Gasteiger charge is -2.31. The highest BCUT2D eigenvalue weighted by molar-refractivity contribution is 6.32. The Hall–Kier alpha value is -3.34. The maximum Gasteiger partial charge on any atom is 0.343 e. The zero-order valence-electron chi connectivity index (χ0n) is 20.7. The molecule has 2 unspecified atom stereocenters. The number of amides is 1. The number of aromatic nitrogens is 2. The van der Waals surface area contributed by atoms with Gasteiger partial charge in [0, 0.05) is 22.6 Å². The fourth-order valence-electron chi connectivity index (χ4n) is 6.02. The predicted octanol–water partition coefficient (Wildman–Crippen LogP) is 2.75. The summed E-state index contributed by atoms with van der Waals surface area (Å²) in [6.45, 7) is 3.03. The van der Waals surface area contributed by atoms with E-state index in [0.717, 1.165) is 0 Å². The first-order valence-electron chi connectivity index (χ1n) is 12.5. The average Bonchev–Trinajstić information content (AvgIpc) is 3.24. The lowest BCUT2D eigenvalue weighted by molar-refractivity contribution is -0.172. The fraction of sp³-hybridized carbons (Fsp3) is 0.407. The molecule has 2 aromatic heterocycles. The van der Waals surface area contributed by atoms with E-state index in [1.54, 1.807) is 13.0 Å². The number of aryl methyl sites for hydroxylation is 1. The molecule has 4 heterocycles. The van der Waals surface area contributed by atoms with Gasteiger partial charge in [0.05, 0.1) is 52.6 Å². The van der Waals surface area contributed by atoms with Crippen molar-refractivity contribution in [2.45, 2.75) is 70.4 Å². The number of nitrogens with one attached hydrogen (secondary N) is 1. The molecule has 0 bridgehead atoms. The van der Waals surface area contributed by atoms with Gasteiger partial charge in [0.25, 0.3) is 5.56 Å². The summed E-state index contributed by atoms with van der Waals surface area (Å²) < 4.78 is 21.5. The number of nitrogens with zero attached hydrogens (tertiary/aromatic N) is 2. The summed E-state index contributed by atoms with van der Waals surface area (Å²) in [6, 6.07) is 2.35. The van der Waals surface area contributed by atoms with Crippen LogP contribution in [0.15, 0.2) is 16.9 Å². The number of aliphatic hydroxyl groups excluding tert-OH is 1. The zero-order valence-corrected chi connectivity index (χ0v) is 21.5. The molecule has 3 atom stereocenters. The first kappa shape index (κ1) is 25.0. The molecule has 198 valence electrons. The van der Waals surface area contributed by atoms with Gasteiger partial charge in [-0.1, -0.05) is 18.5 Å². The first-order valence-corrected chi connectivity index (χ1v) is 12.9. The summed E-state index contributed by atoms with van der Waals surface area (Å²) in [4.78, 5) is 43.5. The highest BCUT2D eigenvalue weighted by Gasteiger charge is 2.46. The summed E-state index contributed by atoms with van der Waals surface area (Å²) in [7, 11) is 0. The van der Waals surface area contributed by atoms with Gasteiger partial charge in [-0.25, -0.2) is 14.2 Å². The Bertz CT molecular complexity index is 1630. The predicted molar refractivity (Wildman–Crippen MR) is 135 cm³/mol. The van der Waals surface area contributed by atoms with Crippen LogP contribution in [0.3, 0.4) is 0 Å². The van der Waals surface area contributed by atoms with Gasteiger partial charge in [-0.3, -0.25) is 9.59 Å². The van der Waals surface area contributed by atoms with E-state index in [9.17, 15) is 29.0 Å². The van der Waals surface area contributed by atoms with Crippen molar-refractivity contribution in [3.8, 4) is 11.4 Å². The van der Waals surface area contributed by atoms with E-state index < -0.39 is 35.1 Å². The van der Waals surface area contributed by atoms with Crippen molar-refractivity contribution in [2.75, 3.05) is 0 Å². The van der Waals surface area contributed by atoms with Gasteiger partial charge in [-0.15, -0.1) is 0 Å². The number of pyridine rings is 2. The minimum atomic E-state index is -1.97. The van der Waals surface area contributed by atoms with Gasteiger partial charge in [-0.05, 0) is 43.4 Å². The summed E-state index contributed by atoms with van der Waals surface area (Å²) in [6.07, 6.45) is -0.0544. The van der Waals surface area contributed by atoms with Crippen molar-refractivity contribution in [1.82, 2.24) is 14.9 Å². The molecular formula is C27H25ClFN3O6. The van der Waals surface area contributed by atoms with Gasteiger partial charge < -0.3 is 24.8 Å². The molecular weight excluding hydrogens is 517 g/mol. The Balaban J connectivity index is 1.61. The average molecular weight is 542 g/mol. The van der Waals surface area contributed by atoms with Crippen molar-refractivity contribution in [1.29, 1.82) is 0 Å². The van der Waals surface area contributed by atoms with Crippen LogP contribution < -0.4 is 10.9 Å². The molecule has 1 amide bonds. The van der Waals surface area contributed by atoms with Crippen molar-refractivity contribution < 1.29 is 28.9 Å². The molecule has 1 aliphatic carbocycles. The molecule has 0 fully saturated rings. The number of benzene rings is 1. The Labute approximate surface area is 221 Å². The summed E-state index contributed by atoms with van der Waals surface area (Å²) in [5.41, 5.74) is 1.09. The standard InChI is InChI=1S/C27H25ClFN3O6/c1-3-27(37)15-7-19-24-13(9-32(19)25(35)14(15)10-38-26(27)36)22-17(30-20(34)6-11(2)33)5-4-12-21(22)18(31-24)8-16(29)23(12)28/h7-8,11,17,33,37H,3-6,9-10H2,1-2H3,(H,30,34)/t11?,17?,27-/m0/s1. The Morgan fingerprint density at radius 2 is 2.11 bits per heavy atom. The van der Waals surface area contributed by atoms with Gasteiger partial charge in [0.1, 0.15) is 12.4 Å². The van der Waals surface area contributed by atoms with Crippen LogP contribution in [-0.4, -0.2) is 37.7 Å². The van der Waals surface area contributed by atoms with Crippen LogP contribution in [0, 0.1) is 5.82 Å². The van der Waals surface area contributed by atoms with Crippen LogP contribution in [0.1, 0.15) is 67.0 Å². The summed E-state index contributed by atoms with van der Waals surface area (Å²) in [5.74, 6) is -1.78. The molecule has 3 N–H and O–H groups in total. The zero-order chi connectivity index (χ0) is 27.1. The second kappa shape index (κ2) is 8.59. The third-order valence-electron chi connectivity index (χ3n) is 7.86. The van der Waals surface area contributed by atoms with E-state index in [1.165, 1.54) is 17.6 Å². The van der Waals surface area contributed by atoms with E-state index in [-0.39, 0.29) is 48.0 Å². The number of ether oxygens (including phenoxy) is 1. The SMILES string of the molecule is CC[C@@]1(O)C(=O)OCc2c1cc1n(c2=O)Cc2c-1nc1cc(F)c(Cl)c3c1c2C(NC(=O)CC(C)O)CC3. The van der Waals surface area contributed by atoms with E-state index in [0.29, 0.717) is 51.8 Å². The number of fused-ring (bicyclic) bond motifs is 5. The molecule has 0 spiro atoms. The molecule has 0 saturated heterocycles. The highest BCUT2D eigenvalue weighted by atomic mass is 35.5. The lowest BCUT2D eigenvalue weighted by atomic mass is 9.83. The Morgan fingerprint density at radius 1 is 1.34 bits per heavy atom. The number of carbonyl (C=O) groups excluding carboxylic acids is 2. The maximum atomic E-state index is 14.8.